The average Bonchev–Trinajstić information content (AvgIpc) is 2.80. The van der Waals surface area contributed by atoms with Gasteiger partial charge < -0.3 is 19.9 Å². The van der Waals surface area contributed by atoms with Crippen molar-refractivity contribution in [2.75, 3.05) is 31.6 Å². The standard InChI is InChI=1S/C12H17N5O/c1-17-8-16-11-10(17)2-3-14-12(11)15-7-9-6-13-4-5-18-9/h2-3,8-9,13H,4-7H2,1H3,(H,14,15). The maximum Gasteiger partial charge on any atom is 0.154 e. The van der Waals surface area contributed by atoms with Crippen LogP contribution in [0.25, 0.3) is 11.0 Å². The molecule has 0 amide bonds. The average molecular weight is 247 g/mol. The molecule has 1 unspecified atom stereocenters. The van der Waals surface area contributed by atoms with Gasteiger partial charge in [0, 0.05) is 32.9 Å². The highest BCUT2D eigenvalue weighted by Gasteiger charge is 2.14. The van der Waals surface area contributed by atoms with Crippen LogP contribution in [0.5, 0.6) is 0 Å². The SMILES string of the molecule is Cn1cnc2c(NCC3CNCCO3)nccc21. The number of anilines is 1. The normalized spacial score (nSPS) is 20.2. The number of pyridine rings is 1. The number of nitrogens with zero attached hydrogens (tertiary/aromatic N) is 3. The third-order valence-corrected chi connectivity index (χ3v) is 3.14. The van der Waals surface area contributed by atoms with Crippen molar-refractivity contribution in [1.29, 1.82) is 0 Å². The summed E-state index contributed by atoms with van der Waals surface area (Å²) in [6.07, 6.45) is 3.79. The minimum Gasteiger partial charge on any atom is -0.374 e. The molecule has 1 aliphatic heterocycles. The molecule has 18 heavy (non-hydrogen) atoms. The topological polar surface area (TPSA) is 64.0 Å². The Bertz CT molecular complexity index is 532. The van der Waals surface area contributed by atoms with Crippen molar-refractivity contribution >= 4 is 16.9 Å². The molecule has 0 bridgehead atoms. The van der Waals surface area contributed by atoms with E-state index in [-0.39, 0.29) is 6.10 Å². The van der Waals surface area contributed by atoms with Crippen LogP contribution in [0.3, 0.4) is 0 Å². The Morgan fingerprint density at radius 2 is 2.50 bits per heavy atom. The van der Waals surface area contributed by atoms with Gasteiger partial charge in [0.05, 0.1) is 24.6 Å². The second-order valence-corrected chi connectivity index (χ2v) is 4.46. The van der Waals surface area contributed by atoms with Crippen molar-refractivity contribution in [3.8, 4) is 0 Å². The molecule has 3 rings (SSSR count). The molecule has 6 heteroatoms. The third-order valence-electron chi connectivity index (χ3n) is 3.14. The first kappa shape index (κ1) is 11.4. The van der Waals surface area contributed by atoms with Crippen molar-refractivity contribution in [2.45, 2.75) is 6.10 Å². The predicted octanol–water partition coefficient (Wildman–Crippen LogP) is 0.369. The van der Waals surface area contributed by atoms with Gasteiger partial charge in [0.25, 0.3) is 0 Å². The Labute approximate surface area is 105 Å². The maximum atomic E-state index is 5.64. The molecule has 1 saturated heterocycles. The fraction of sp³-hybridized carbons (Fsp3) is 0.500. The summed E-state index contributed by atoms with van der Waals surface area (Å²) < 4.78 is 7.63. The van der Waals surface area contributed by atoms with E-state index in [1.807, 2.05) is 17.7 Å². The van der Waals surface area contributed by atoms with E-state index in [4.69, 9.17) is 4.74 Å². The molecule has 1 atom stereocenters. The van der Waals surface area contributed by atoms with Crippen LogP contribution in [0.1, 0.15) is 0 Å². The molecule has 0 aromatic carbocycles. The summed E-state index contributed by atoms with van der Waals surface area (Å²) in [7, 11) is 1.98. The van der Waals surface area contributed by atoms with E-state index in [0.29, 0.717) is 0 Å². The number of hydrogen-bond acceptors (Lipinski definition) is 5. The molecular formula is C12H17N5O. The maximum absolute atomic E-state index is 5.64. The number of morpholine rings is 1. The second-order valence-electron chi connectivity index (χ2n) is 4.46. The number of rotatable bonds is 3. The Kier molecular flexibility index (Phi) is 3.12. The minimum absolute atomic E-state index is 0.194. The van der Waals surface area contributed by atoms with Crippen LogP contribution in [0, 0.1) is 0 Å². The highest BCUT2D eigenvalue weighted by Crippen LogP contribution is 2.18. The van der Waals surface area contributed by atoms with E-state index in [1.54, 1.807) is 12.5 Å². The van der Waals surface area contributed by atoms with E-state index in [0.717, 1.165) is 43.1 Å². The molecular weight excluding hydrogens is 230 g/mol. The van der Waals surface area contributed by atoms with Crippen LogP contribution < -0.4 is 10.6 Å². The van der Waals surface area contributed by atoms with Gasteiger partial charge in [-0.1, -0.05) is 0 Å². The molecule has 0 spiro atoms. The van der Waals surface area contributed by atoms with Gasteiger partial charge in [0.15, 0.2) is 5.82 Å². The Balaban J connectivity index is 1.74. The summed E-state index contributed by atoms with van der Waals surface area (Å²) in [6.45, 7) is 3.33. The lowest BCUT2D eigenvalue weighted by molar-refractivity contribution is 0.0372. The van der Waals surface area contributed by atoms with Gasteiger partial charge in [-0.25, -0.2) is 9.97 Å². The van der Waals surface area contributed by atoms with Crippen molar-refractivity contribution in [1.82, 2.24) is 19.9 Å². The van der Waals surface area contributed by atoms with Gasteiger partial charge in [-0.05, 0) is 6.07 Å². The number of fused-ring (bicyclic) bond motifs is 1. The molecule has 96 valence electrons. The Morgan fingerprint density at radius 3 is 3.33 bits per heavy atom. The summed E-state index contributed by atoms with van der Waals surface area (Å²) in [5.41, 5.74) is 1.99. The molecule has 0 saturated carbocycles. The summed E-state index contributed by atoms with van der Waals surface area (Å²) in [5.74, 6) is 0.822. The van der Waals surface area contributed by atoms with Crippen LogP contribution in [0.2, 0.25) is 0 Å². The first-order valence-electron chi connectivity index (χ1n) is 6.17. The molecule has 0 aliphatic carbocycles. The minimum atomic E-state index is 0.194. The zero-order valence-electron chi connectivity index (χ0n) is 10.4. The molecule has 2 aromatic rings. The highest BCUT2D eigenvalue weighted by atomic mass is 16.5. The second kappa shape index (κ2) is 4.91. The van der Waals surface area contributed by atoms with Gasteiger partial charge in [-0.2, -0.15) is 0 Å². The molecule has 1 aliphatic rings. The number of aromatic nitrogens is 3. The van der Waals surface area contributed by atoms with Gasteiger partial charge in [-0.15, -0.1) is 0 Å². The molecule has 2 N–H and O–H groups in total. The Morgan fingerprint density at radius 1 is 1.56 bits per heavy atom. The molecule has 1 fully saturated rings. The zero-order chi connectivity index (χ0) is 12.4. The smallest absolute Gasteiger partial charge is 0.154 e. The Hall–Kier alpha value is -1.66. The van der Waals surface area contributed by atoms with Crippen LogP contribution in [0.15, 0.2) is 18.6 Å². The predicted molar refractivity (Wildman–Crippen MR) is 69.6 cm³/mol. The van der Waals surface area contributed by atoms with Crippen LogP contribution in [-0.4, -0.2) is 46.9 Å². The van der Waals surface area contributed by atoms with Crippen LogP contribution >= 0.6 is 0 Å². The summed E-state index contributed by atoms with van der Waals surface area (Å²) in [6, 6.07) is 1.96. The quantitative estimate of drug-likeness (QED) is 0.820. The number of ether oxygens (including phenoxy) is 1. The first-order chi connectivity index (χ1) is 8.84. The van der Waals surface area contributed by atoms with Gasteiger partial charge in [-0.3, -0.25) is 0 Å². The van der Waals surface area contributed by atoms with Gasteiger partial charge in [0.2, 0.25) is 0 Å². The number of nitrogens with one attached hydrogen (secondary N) is 2. The molecule has 6 nitrogen and oxygen atoms in total. The van der Waals surface area contributed by atoms with E-state index in [9.17, 15) is 0 Å². The molecule has 2 aromatic heterocycles. The van der Waals surface area contributed by atoms with E-state index < -0.39 is 0 Å². The lowest BCUT2D eigenvalue weighted by atomic mass is 10.3. The summed E-state index contributed by atoms with van der Waals surface area (Å²) >= 11 is 0. The lowest BCUT2D eigenvalue weighted by Gasteiger charge is -2.23. The fourth-order valence-electron chi connectivity index (χ4n) is 2.15. The fourth-order valence-corrected chi connectivity index (χ4v) is 2.15. The van der Waals surface area contributed by atoms with Gasteiger partial charge in [0.1, 0.15) is 5.52 Å². The van der Waals surface area contributed by atoms with E-state index in [2.05, 4.69) is 20.6 Å². The molecule has 3 heterocycles. The van der Waals surface area contributed by atoms with Crippen molar-refractivity contribution in [3.05, 3.63) is 18.6 Å². The summed E-state index contributed by atoms with van der Waals surface area (Å²) in [5, 5.41) is 6.63. The van der Waals surface area contributed by atoms with Crippen molar-refractivity contribution in [3.63, 3.8) is 0 Å². The highest BCUT2D eigenvalue weighted by molar-refractivity contribution is 5.85. The zero-order valence-corrected chi connectivity index (χ0v) is 10.4. The van der Waals surface area contributed by atoms with E-state index >= 15 is 0 Å². The number of aryl methyl sites for hydroxylation is 1. The summed E-state index contributed by atoms with van der Waals surface area (Å²) in [4.78, 5) is 8.71. The lowest BCUT2D eigenvalue weighted by Crippen LogP contribution is -2.42. The van der Waals surface area contributed by atoms with E-state index in [1.165, 1.54) is 0 Å². The van der Waals surface area contributed by atoms with Crippen molar-refractivity contribution < 1.29 is 4.74 Å². The third kappa shape index (κ3) is 2.16. The number of imidazole rings is 1. The number of hydrogen-bond donors (Lipinski definition) is 2. The van der Waals surface area contributed by atoms with Crippen LogP contribution in [0.4, 0.5) is 5.82 Å². The largest absolute Gasteiger partial charge is 0.374 e. The monoisotopic (exact) mass is 247 g/mol. The van der Waals surface area contributed by atoms with Gasteiger partial charge >= 0.3 is 0 Å². The first-order valence-corrected chi connectivity index (χ1v) is 6.17. The molecule has 0 radical (unpaired) electrons. The van der Waals surface area contributed by atoms with Crippen molar-refractivity contribution in [2.24, 2.45) is 7.05 Å². The van der Waals surface area contributed by atoms with Crippen LogP contribution in [-0.2, 0) is 11.8 Å².